The van der Waals surface area contributed by atoms with E-state index in [0.717, 1.165) is 22.4 Å². The van der Waals surface area contributed by atoms with Crippen LogP contribution in [0.3, 0.4) is 0 Å². The summed E-state index contributed by atoms with van der Waals surface area (Å²) in [6.45, 7) is 4.05. The number of carbonyl (C=O) groups is 4. The molecule has 3 heterocycles. The molecule has 1 atom stereocenters. The molecule has 10 nitrogen and oxygen atoms in total. The van der Waals surface area contributed by atoms with Gasteiger partial charge in [-0.1, -0.05) is 24.3 Å². The first-order valence-electron chi connectivity index (χ1n) is 12.6. The Morgan fingerprint density at radius 3 is 2.56 bits per heavy atom. The lowest BCUT2D eigenvalue weighted by atomic mass is 9.92. The summed E-state index contributed by atoms with van der Waals surface area (Å²) in [6.07, 6.45) is 3.91. The molecule has 3 aromatic rings. The third-order valence-electron chi connectivity index (χ3n) is 7.13. The van der Waals surface area contributed by atoms with Crippen LogP contribution in [-0.4, -0.2) is 46.8 Å². The molecule has 2 aromatic carbocycles. The first-order chi connectivity index (χ1) is 18.7. The van der Waals surface area contributed by atoms with Crippen molar-refractivity contribution in [1.82, 2.24) is 20.5 Å². The Balaban J connectivity index is 1.24. The number of rotatable bonds is 6. The van der Waals surface area contributed by atoms with E-state index in [1.807, 2.05) is 38.1 Å². The molecule has 2 aliphatic heterocycles. The number of urea groups is 1. The van der Waals surface area contributed by atoms with E-state index in [1.54, 1.807) is 43.8 Å². The fourth-order valence-corrected chi connectivity index (χ4v) is 5.01. The molecule has 5 amide bonds. The van der Waals surface area contributed by atoms with Gasteiger partial charge in [0.25, 0.3) is 5.91 Å². The molecule has 0 bridgehead atoms. The van der Waals surface area contributed by atoms with E-state index in [0.29, 0.717) is 23.2 Å². The number of methoxy groups -OCH3 is 1. The second-order valence-corrected chi connectivity index (χ2v) is 10.1. The maximum atomic E-state index is 12.9. The third kappa shape index (κ3) is 5.18. The average molecular weight is 528 g/mol. The zero-order valence-corrected chi connectivity index (χ0v) is 21.9. The number of amides is 5. The van der Waals surface area contributed by atoms with E-state index in [4.69, 9.17) is 4.74 Å². The number of benzene rings is 2. The molecular weight excluding hydrogens is 498 g/mol. The van der Waals surface area contributed by atoms with Crippen molar-refractivity contribution in [3.63, 3.8) is 0 Å². The maximum Gasteiger partial charge on any atom is 0.319 e. The normalized spacial score (nSPS) is 16.9. The number of carbonyl (C=O) groups excluding carboxylic acids is 4. The highest BCUT2D eigenvalue weighted by Crippen LogP contribution is 2.32. The summed E-state index contributed by atoms with van der Waals surface area (Å²) in [5, 5.41) is 8.14. The van der Waals surface area contributed by atoms with Crippen molar-refractivity contribution < 1.29 is 23.9 Å². The minimum absolute atomic E-state index is 0.194. The van der Waals surface area contributed by atoms with Crippen LogP contribution in [0.5, 0.6) is 5.75 Å². The van der Waals surface area contributed by atoms with Crippen LogP contribution in [0, 0.1) is 0 Å². The predicted molar refractivity (Wildman–Crippen MR) is 144 cm³/mol. The minimum Gasteiger partial charge on any atom is -0.496 e. The Kier molecular flexibility index (Phi) is 6.78. The molecule has 0 spiro atoms. The summed E-state index contributed by atoms with van der Waals surface area (Å²) in [4.78, 5) is 55.2. The molecule has 10 heteroatoms. The van der Waals surface area contributed by atoms with Crippen LogP contribution in [0.25, 0.3) is 11.1 Å². The number of hydrogen-bond donors (Lipinski definition) is 3. The highest BCUT2D eigenvalue weighted by atomic mass is 16.5. The number of pyridine rings is 1. The van der Waals surface area contributed by atoms with Gasteiger partial charge in [-0.05, 0) is 61.2 Å². The van der Waals surface area contributed by atoms with Gasteiger partial charge < -0.3 is 20.3 Å². The number of nitrogens with zero attached hydrogens (tertiary/aromatic N) is 2. The molecule has 1 aromatic heterocycles. The van der Waals surface area contributed by atoms with Crippen LogP contribution in [-0.2, 0) is 21.7 Å². The van der Waals surface area contributed by atoms with Crippen molar-refractivity contribution in [3.8, 4) is 16.9 Å². The van der Waals surface area contributed by atoms with E-state index in [1.165, 1.54) is 4.90 Å². The van der Waals surface area contributed by atoms with Crippen LogP contribution >= 0.6 is 0 Å². The van der Waals surface area contributed by atoms with Crippen LogP contribution in [0.1, 0.15) is 48.2 Å². The van der Waals surface area contributed by atoms with Gasteiger partial charge >= 0.3 is 6.03 Å². The smallest absolute Gasteiger partial charge is 0.319 e. The third-order valence-corrected chi connectivity index (χ3v) is 7.13. The van der Waals surface area contributed by atoms with Crippen molar-refractivity contribution >= 4 is 29.4 Å². The molecule has 0 aliphatic carbocycles. The van der Waals surface area contributed by atoms with Crippen molar-refractivity contribution in [2.45, 2.75) is 44.8 Å². The Labute approximate surface area is 225 Å². The Hall–Kier alpha value is -4.73. The van der Waals surface area contributed by atoms with Gasteiger partial charge in [-0.2, -0.15) is 0 Å². The summed E-state index contributed by atoms with van der Waals surface area (Å²) in [5.41, 5.74) is 3.77. The topological polar surface area (TPSA) is 130 Å². The highest BCUT2D eigenvalue weighted by Gasteiger charge is 2.39. The van der Waals surface area contributed by atoms with Crippen molar-refractivity contribution in [2.24, 2.45) is 0 Å². The second kappa shape index (κ2) is 10.2. The minimum atomic E-state index is -0.686. The Morgan fingerprint density at radius 2 is 1.85 bits per heavy atom. The van der Waals surface area contributed by atoms with E-state index < -0.39 is 23.5 Å². The average Bonchev–Trinajstić information content (AvgIpc) is 3.23. The van der Waals surface area contributed by atoms with Gasteiger partial charge in [-0.15, -0.1) is 0 Å². The highest BCUT2D eigenvalue weighted by molar-refractivity contribution is 6.05. The van der Waals surface area contributed by atoms with Gasteiger partial charge in [0.05, 0.1) is 12.6 Å². The van der Waals surface area contributed by atoms with Gasteiger partial charge in [-0.25, -0.2) is 4.79 Å². The van der Waals surface area contributed by atoms with E-state index in [-0.39, 0.29) is 24.8 Å². The molecule has 1 fully saturated rings. The SMILES string of the molecule is COc1ccncc1-c1ccc(C(C)(C)NC(=O)Nc2ccc3c(c2)CN(C2CCC(=O)NC2=O)C3=O)cc1. The van der Waals surface area contributed by atoms with Gasteiger partial charge in [-0.3, -0.25) is 24.7 Å². The van der Waals surface area contributed by atoms with Crippen molar-refractivity contribution in [2.75, 3.05) is 12.4 Å². The molecule has 3 N–H and O–H groups in total. The molecule has 1 saturated heterocycles. The number of aromatic nitrogens is 1. The maximum absolute atomic E-state index is 12.9. The second-order valence-electron chi connectivity index (χ2n) is 10.1. The number of nitrogens with one attached hydrogen (secondary N) is 3. The lowest BCUT2D eigenvalue weighted by Crippen LogP contribution is -2.52. The lowest BCUT2D eigenvalue weighted by Gasteiger charge is -2.29. The van der Waals surface area contributed by atoms with Crippen molar-refractivity contribution in [3.05, 3.63) is 77.6 Å². The molecule has 2 aliphatic rings. The van der Waals surface area contributed by atoms with Gasteiger partial charge in [0.2, 0.25) is 11.8 Å². The van der Waals surface area contributed by atoms with Gasteiger partial charge in [0.15, 0.2) is 0 Å². The molecule has 0 saturated carbocycles. The molecule has 5 rings (SSSR count). The molecule has 200 valence electrons. The predicted octanol–water partition coefficient (Wildman–Crippen LogP) is 3.58. The molecular formula is C29H29N5O5. The quantitative estimate of drug-likeness (QED) is 0.420. The van der Waals surface area contributed by atoms with E-state index >= 15 is 0 Å². The number of imide groups is 1. The standard InChI is InChI=1S/C29H29N5O5/c1-29(2,19-6-4-17(5-7-19)22-15-30-13-12-24(22)39-3)33-28(38)31-20-8-9-21-18(14-20)16-34(27(21)37)23-10-11-25(35)32-26(23)36/h4-9,12-15,23H,10-11,16H2,1-3H3,(H2,31,33,38)(H,32,35,36). The molecule has 1 unspecified atom stereocenters. The number of fused-ring (bicyclic) bond motifs is 1. The molecule has 0 radical (unpaired) electrons. The fourth-order valence-electron chi connectivity index (χ4n) is 5.01. The van der Waals surface area contributed by atoms with E-state index in [9.17, 15) is 19.2 Å². The Morgan fingerprint density at radius 1 is 1.08 bits per heavy atom. The number of hydrogen-bond acceptors (Lipinski definition) is 6. The van der Waals surface area contributed by atoms with Gasteiger partial charge in [0.1, 0.15) is 11.8 Å². The summed E-state index contributed by atoms with van der Waals surface area (Å²) in [5.74, 6) is -0.319. The zero-order chi connectivity index (χ0) is 27.7. The summed E-state index contributed by atoms with van der Waals surface area (Å²) in [7, 11) is 1.62. The zero-order valence-electron chi connectivity index (χ0n) is 21.9. The van der Waals surface area contributed by atoms with Crippen LogP contribution in [0.4, 0.5) is 10.5 Å². The summed E-state index contributed by atoms with van der Waals surface area (Å²) < 4.78 is 5.43. The molecule has 39 heavy (non-hydrogen) atoms. The first-order valence-corrected chi connectivity index (χ1v) is 12.6. The van der Waals surface area contributed by atoms with Crippen LogP contribution in [0.15, 0.2) is 60.9 Å². The van der Waals surface area contributed by atoms with Crippen LogP contribution in [0.2, 0.25) is 0 Å². The monoisotopic (exact) mass is 527 g/mol. The number of piperidine rings is 1. The summed E-state index contributed by atoms with van der Waals surface area (Å²) >= 11 is 0. The van der Waals surface area contributed by atoms with Crippen molar-refractivity contribution in [1.29, 1.82) is 0 Å². The van der Waals surface area contributed by atoms with Crippen LogP contribution < -0.4 is 20.7 Å². The number of ether oxygens (including phenoxy) is 1. The van der Waals surface area contributed by atoms with Gasteiger partial charge in [0, 0.05) is 42.2 Å². The van der Waals surface area contributed by atoms with E-state index in [2.05, 4.69) is 20.9 Å². The Bertz CT molecular complexity index is 1470. The number of anilines is 1. The fraction of sp³-hybridized carbons (Fsp3) is 0.276. The largest absolute Gasteiger partial charge is 0.496 e. The lowest BCUT2D eigenvalue weighted by molar-refractivity contribution is -0.136. The first kappa shape index (κ1) is 25.9. The summed E-state index contributed by atoms with van der Waals surface area (Å²) in [6, 6.07) is 13.6.